The zero-order chi connectivity index (χ0) is 20.6. The van der Waals surface area contributed by atoms with E-state index in [-0.39, 0.29) is 30.2 Å². The molecule has 2 N–H and O–H groups in total. The van der Waals surface area contributed by atoms with Gasteiger partial charge in [-0.05, 0) is 37.3 Å². The fourth-order valence-corrected chi connectivity index (χ4v) is 4.00. The summed E-state index contributed by atoms with van der Waals surface area (Å²) in [6.45, 7) is 0.396. The third-order valence-electron chi connectivity index (χ3n) is 5.66. The number of carbonyl (C=O) groups excluding carboxylic acids is 3. The second-order valence-electron chi connectivity index (χ2n) is 7.94. The lowest BCUT2D eigenvalue weighted by Crippen LogP contribution is -2.44. The van der Waals surface area contributed by atoms with E-state index in [2.05, 4.69) is 5.32 Å². The average molecular weight is 399 g/mol. The monoisotopic (exact) mass is 398 g/mol. The van der Waals surface area contributed by atoms with Crippen LogP contribution < -0.4 is 5.32 Å². The molecular formula is C23H30N2O4. The number of unbranched alkanes of at least 4 members (excludes halogenated alkanes) is 2. The van der Waals surface area contributed by atoms with Gasteiger partial charge in [-0.2, -0.15) is 0 Å². The number of likely N-dealkylation sites (tertiary alicyclic amines) is 1. The molecule has 6 heteroatoms. The molecule has 0 bridgehead atoms. The first kappa shape index (κ1) is 21.2. The van der Waals surface area contributed by atoms with Crippen LogP contribution in [0.1, 0.15) is 63.4 Å². The average Bonchev–Trinajstić information content (AvgIpc) is 2.97. The van der Waals surface area contributed by atoms with Crippen molar-refractivity contribution in [1.82, 2.24) is 10.2 Å². The van der Waals surface area contributed by atoms with Gasteiger partial charge in [0.05, 0.1) is 18.6 Å². The fourth-order valence-electron chi connectivity index (χ4n) is 4.00. The maximum absolute atomic E-state index is 12.5. The Hall–Kier alpha value is -2.47. The van der Waals surface area contributed by atoms with E-state index in [0.717, 1.165) is 37.7 Å². The van der Waals surface area contributed by atoms with E-state index in [0.29, 0.717) is 31.4 Å². The van der Waals surface area contributed by atoms with Crippen LogP contribution in [0.25, 0.3) is 6.08 Å². The van der Waals surface area contributed by atoms with Crippen LogP contribution in [-0.2, 0) is 14.4 Å². The summed E-state index contributed by atoms with van der Waals surface area (Å²) in [5.74, 6) is -0.388. The number of amides is 3. The number of carbonyl (C=O) groups is 3. The summed E-state index contributed by atoms with van der Waals surface area (Å²) in [6, 6.07) is 9.40. The van der Waals surface area contributed by atoms with Crippen molar-refractivity contribution < 1.29 is 19.5 Å². The smallest absolute Gasteiger partial charge is 0.256 e. The van der Waals surface area contributed by atoms with Crippen molar-refractivity contribution in [2.45, 2.75) is 69.9 Å². The van der Waals surface area contributed by atoms with Gasteiger partial charge >= 0.3 is 0 Å². The summed E-state index contributed by atoms with van der Waals surface area (Å²) in [7, 11) is 0. The Morgan fingerprint density at radius 1 is 1.10 bits per heavy atom. The number of hydrogen-bond donors (Lipinski definition) is 2. The van der Waals surface area contributed by atoms with Gasteiger partial charge < -0.3 is 10.4 Å². The molecule has 1 heterocycles. The highest BCUT2D eigenvalue weighted by Crippen LogP contribution is 2.22. The number of benzene rings is 1. The van der Waals surface area contributed by atoms with Crippen molar-refractivity contribution in [3.63, 3.8) is 0 Å². The van der Waals surface area contributed by atoms with Crippen LogP contribution in [0, 0.1) is 0 Å². The molecule has 1 aromatic rings. The third kappa shape index (κ3) is 6.00. The van der Waals surface area contributed by atoms with Crippen LogP contribution in [-0.4, -0.2) is 46.4 Å². The molecule has 0 aromatic heterocycles. The highest BCUT2D eigenvalue weighted by atomic mass is 16.3. The Labute approximate surface area is 172 Å². The lowest BCUT2D eigenvalue weighted by Gasteiger charge is -2.28. The van der Waals surface area contributed by atoms with Crippen LogP contribution in [0.3, 0.4) is 0 Å². The Morgan fingerprint density at radius 2 is 1.86 bits per heavy atom. The Kier molecular flexibility index (Phi) is 7.58. The molecule has 2 aliphatic rings. The topological polar surface area (TPSA) is 86.7 Å². The molecule has 0 unspecified atom stereocenters. The van der Waals surface area contributed by atoms with Gasteiger partial charge in [-0.25, -0.2) is 0 Å². The van der Waals surface area contributed by atoms with Gasteiger partial charge in [0.2, 0.25) is 11.8 Å². The molecule has 2 fully saturated rings. The molecule has 2 atom stereocenters. The summed E-state index contributed by atoms with van der Waals surface area (Å²) >= 11 is 0. The van der Waals surface area contributed by atoms with Gasteiger partial charge in [0.1, 0.15) is 0 Å². The van der Waals surface area contributed by atoms with E-state index >= 15 is 0 Å². The molecule has 1 aliphatic carbocycles. The predicted octanol–water partition coefficient (Wildman–Crippen LogP) is 2.81. The number of nitrogens with one attached hydrogen (secondary N) is 1. The summed E-state index contributed by atoms with van der Waals surface area (Å²) in [6.07, 6.45) is 7.73. The molecule has 1 aromatic carbocycles. The van der Waals surface area contributed by atoms with Crippen molar-refractivity contribution >= 4 is 23.8 Å². The molecule has 1 saturated carbocycles. The van der Waals surface area contributed by atoms with Crippen LogP contribution >= 0.6 is 0 Å². The van der Waals surface area contributed by atoms with Crippen LogP contribution in [0.2, 0.25) is 0 Å². The lowest BCUT2D eigenvalue weighted by molar-refractivity contribution is -0.137. The van der Waals surface area contributed by atoms with Crippen LogP contribution in [0.5, 0.6) is 0 Å². The Morgan fingerprint density at radius 3 is 2.62 bits per heavy atom. The molecule has 29 heavy (non-hydrogen) atoms. The Balaban J connectivity index is 1.37. The highest BCUT2D eigenvalue weighted by molar-refractivity contribution is 6.15. The molecular weight excluding hydrogens is 368 g/mol. The first-order valence-corrected chi connectivity index (χ1v) is 10.6. The van der Waals surface area contributed by atoms with E-state index in [1.54, 1.807) is 6.08 Å². The fraction of sp³-hybridized carbons (Fsp3) is 0.522. The van der Waals surface area contributed by atoms with E-state index in [1.807, 2.05) is 30.3 Å². The third-order valence-corrected chi connectivity index (χ3v) is 5.66. The largest absolute Gasteiger partial charge is 0.391 e. The molecule has 3 amide bonds. The molecule has 3 rings (SSSR count). The van der Waals surface area contributed by atoms with Crippen molar-refractivity contribution in [2.24, 2.45) is 0 Å². The van der Waals surface area contributed by atoms with E-state index in [4.69, 9.17) is 0 Å². The molecule has 156 valence electrons. The minimum absolute atomic E-state index is 0.0302. The van der Waals surface area contributed by atoms with Gasteiger partial charge in [0.15, 0.2) is 0 Å². The quantitative estimate of drug-likeness (QED) is 0.400. The molecule has 1 aliphatic heterocycles. The summed E-state index contributed by atoms with van der Waals surface area (Å²) < 4.78 is 0. The zero-order valence-corrected chi connectivity index (χ0v) is 16.8. The number of aliphatic hydroxyl groups is 1. The first-order valence-electron chi connectivity index (χ1n) is 10.6. The number of nitrogens with zero attached hydrogens (tertiary/aromatic N) is 1. The molecule has 0 radical (unpaired) electrons. The van der Waals surface area contributed by atoms with Gasteiger partial charge in [-0.3, -0.25) is 19.3 Å². The maximum Gasteiger partial charge on any atom is 0.256 e. The van der Waals surface area contributed by atoms with Crippen LogP contribution in [0.15, 0.2) is 35.9 Å². The molecule has 6 nitrogen and oxygen atoms in total. The molecule has 1 saturated heterocycles. The van der Waals surface area contributed by atoms with Crippen molar-refractivity contribution in [3.05, 3.63) is 41.5 Å². The highest BCUT2D eigenvalue weighted by Gasteiger charge is 2.33. The summed E-state index contributed by atoms with van der Waals surface area (Å²) in [5.41, 5.74) is 1.45. The molecule has 0 spiro atoms. The minimum atomic E-state index is -0.432. The second kappa shape index (κ2) is 10.3. The summed E-state index contributed by atoms with van der Waals surface area (Å²) in [5, 5.41) is 12.9. The van der Waals surface area contributed by atoms with Crippen molar-refractivity contribution in [3.8, 4) is 0 Å². The Bertz CT molecular complexity index is 759. The predicted molar refractivity (Wildman–Crippen MR) is 111 cm³/mol. The van der Waals surface area contributed by atoms with Gasteiger partial charge in [-0.1, -0.05) is 49.6 Å². The van der Waals surface area contributed by atoms with Crippen molar-refractivity contribution in [2.75, 3.05) is 6.54 Å². The number of imide groups is 1. The number of hydrogen-bond acceptors (Lipinski definition) is 4. The van der Waals surface area contributed by atoms with Gasteiger partial charge in [0.25, 0.3) is 5.91 Å². The standard InChI is InChI=1S/C23H30N2O4/c26-20-12-7-6-11-19(20)24-21(27)13-5-2-8-14-25-22(28)16-18(23(25)29)15-17-9-3-1-4-10-17/h1,3-4,9-10,15,19-20,26H,2,5-8,11-14,16H2,(H,24,27)/b18-15+/t19-,20-/m0/s1. The van der Waals surface area contributed by atoms with Crippen LogP contribution in [0.4, 0.5) is 0 Å². The van der Waals surface area contributed by atoms with Gasteiger partial charge in [-0.15, -0.1) is 0 Å². The lowest BCUT2D eigenvalue weighted by atomic mass is 9.92. The normalized spacial score (nSPS) is 23.6. The van der Waals surface area contributed by atoms with Gasteiger partial charge in [0, 0.05) is 18.5 Å². The van der Waals surface area contributed by atoms with E-state index in [1.165, 1.54) is 4.90 Å². The van der Waals surface area contributed by atoms with E-state index in [9.17, 15) is 19.5 Å². The maximum atomic E-state index is 12.5. The van der Waals surface area contributed by atoms with Crippen molar-refractivity contribution in [1.29, 1.82) is 0 Å². The van der Waals surface area contributed by atoms with E-state index < -0.39 is 6.10 Å². The summed E-state index contributed by atoms with van der Waals surface area (Å²) in [4.78, 5) is 38.1. The number of rotatable bonds is 8. The number of aliphatic hydroxyl groups excluding tert-OH is 1. The first-order chi connectivity index (χ1) is 14.0. The zero-order valence-electron chi connectivity index (χ0n) is 16.8. The SMILES string of the molecule is O=C(CCCCCN1C(=O)C/C(=C\c2ccccc2)C1=O)N[C@H]1CCCC[C@@H]1O. The minimum Gasteiger partial charge on any atom is -0.391 e. The second-order valence-corrected chi connectivity index (χ2v) is 7.94.